The number of hydrogen-bond donors (Lipinski definition) is 1. The highest BCUT2D eigenvalue weighted by molar-refractivity contribution is 5.92. The smallest absolute Gasteiger partial charge is 0.350 e. The lowest BCUT2D eigenvalue weighted by Gasteiger charge is -2.25. The Hall–Kier alpha value is -3.16. The van der Waals surface area contributed by atoms with E-state index in [4.69, 9.17) is 0 Å². The van der Waals surface area contributed by atoms with Crippen molar-refractivity contribution < 1.29 is 18.0 Å². The normalized spacial score (nSPS) is 12.0. The van der Waals surface area contributed by atoms with Gasteiger partial charge in [0.15, 0.2) is 5.69 Å². The maximum absolute atomic E-state index is 13.2. The Kier molecular flexibility index (Phi) is 5.22. The quantitative estimate of drug-likeness (QED) is 0.719. The van der Waals surface area contributed by atoms with Gasteiger partial charge in [-0.25, -0.2) is 4.68 Å². The summed E-state index contributed by atoms with van der Waals surface area (Å²) in [7, 11) is 0. The van der Waals surface area contributed by atoms with Gasteiger partial charge in [-0.15, -0.1) is 5.10 Å². The van der Waals surface area contributed by atoms with Crippen LogP contribution >= 0.6 is 0 Å². The molecule has 0 spiro atoms. The molecule has 8 heteroatoms. The summed E-state index contributed by atoms with van der Waals surface area (Å²) in [5.41, 5.74) is -0.363. The predicted octanol–water partition coefficient (Wildman–Crippen LogP) is 3.99. The second kappa shape index (κ2) is 7.46. The first-order valence-corrected chi connectivity index (χ1v) is 8.61. The lowest BCUT2D eigenvalue weighted by molar-refractivity contribution is -0.137. The number of para-hydroxylation sites is 1. The van der Waals surface area contributed by atoms with Crippen LogP contribution in [-0.4, -0.2) is 27.4 Å². The summed E-state index contributed by atoms with van der Waals surface area (Å²) in [6, 6.07) is 14.7. The van der Waals surface area contributed by atoms with Crippen LogP contribution in [0.25, 0.3) is 5.69 Å². The van der Waals surface area contributed by atoms with Crippen LogP contribution in [0.4, 0.5) is 13.2 Å². The molecule has 1 heterocycles. The number of halogens is 3. The number of carbonyl (C=O) groups is 1. The van der Waals surface area contributed by atoms with Gasteiger partial charge in [-0.05, 0) is 17.7 Å². The second-order valence-corrected chi connectivity index (χ2v) is 7.00. The van der Waals surface area contributed by atoms with Gasteiger partial charge in [0.05, 0.1) is 17.4 Å². The number of nitrogens with one attached hydrogen (secondary N) is 1. The fourth-order valence-corrected chi connectivity index (χ4v) is 2.78. The van der Waals surface area contributed by atoms with Crippen molar-refractivity contribution in [3.05, 3.63) is 77.6 Å². The van der Waals surface area contributed by atoms with E-state index >= 15 is 0 Å². The molecule has 0 atom stereocenters. The van der Waals surface area contributed by atoms with Crippen LogP contribution in [0, 0.1) is 0 Å². The molecule has 0 saturated carbocycles. The minimum atomic E-state index is -4.54. The zero-order chi connectivity index (χ0) is 20.4. The number of aromatic nitrogens is 3. The van der Waals surface area contributed by atoms with Crippen LogP contribution in [-0.2, 0) is 11.6 Å². The van der Waals surface area contributed by atoms with E-state index in [0.29, 0.717) is 6.54 Å². The highest BCUT2D eigenvalue weighted by atomic mass is 19.4. The Bertz CT molecular complexity index is 965. The van der Waals surface area contributed by atoms with Gasteiger partial charge in [-0.2, -0.15) is 13.2 Å². The Balaban J connectivity index is 1.75. The summed E-state index contributed by atoms with van der Waals surface area (Å²) in [5, 5.41) is 10.2. The number of hydrogen-bond acceptors (Lipinski definition) is 3. The predicted molar refractivity (Wildman–Crippen MR) is 98.2 cm³/mol. The molecule has 0 fully saturated rings. The molecule has 0 saturated heterocycles. The van der Waals surface area contributed by atoms with E-state index in [1.165, 1.54) is 24.4 Å². The first-order chi connectivity index (χ1) is 13.2. The SMILES string of the molecule is CC(C)(CNC(=O)c1cn(-c2ccccc2C(F)(F)F)nn1)c1ccccc1. The number of benzene rings is 2. The highest BCUT2D eigenvalue weighted by Gasteiger charge is 2.34. The molecule has 0 aliphatic carbocycles. The van der Waals surface area contributed by atoms with Gasteiger partial charge >= 0.3 is 6.18 Å². The van der Waals surface area contributed by atoms with E-state index in [9.17, 15) is 18.0 Å². The minimum Gasteiger partial charge on any atom is -0.350 e. The average Bonchev–Trinajstić information content (AvgIpc) is 3.16. The third kappa shape index (κ3) is 4.21. The van der Waals surface area contributed by atoms with Crippen molar-refractivity contribution in [2.24, 2.45) is 0 Å². The number of carbonyl (C=O) groups excluding carboxylic acids is 1. The standard InChI is InChI=1S/C20H19F3N4O/c1-19(2,14-8-4-3-5-9-14)13-24-18(28)16-12-27(26-25-16)17-11-7-6-10-15(17)20(21,22)23/h3-12H,13H2,1-2H3,(H,24,28). The van der Waals surface area contributed by atoms with Crippen molar-refractivity contribution >= 4 is 5.91 Å². The number of amides is 1. The third-order valence-electron chi connectivity index (χ3n) is 4.43. The zero-order valence-corrected chi connectivity index (χ0v) is 15.4. The van der Waals surface area contributed by atoms with Crippen LogP contribution < -0.4 is 5.32 Å². The summed E-state index contributed by atoms with van der Waals surface area (Å²) >= 11 is 0. The summed E-state index contributed by atoms with van der Waals surface area (Å²) < 4.78 is 40.5. The van der Waals surface area contributed by atoms with Crippen molar-refractivity contribution in [1.82, 2.24) is 20.3 Å². The van der Waals surface area contributed by atoms with Crippen LogP contribution in [0.1, 0.15) is 35.5 Å². The Morgan fingerprint density at radius 3 is 2.36 bits per heavy atom. The molecule has 1 aromatic heterocycles. The number of alkyl halides is 3. The Morgan fingerprint density at radius 2 is 1.68 bits per heavy atom. The summed E-state index contributed by atoms with van der Waals surface area (Å²) in [4.78, 5) is 12.4. The molecule has 1 amide bonds. The molecule has 0 radical (unpaired) electrons. The molecular weight excluding hydrogens is 369 g/mol. The zero-order valence-electron chi connectivity index (χ0n) is 15.4. The Morgan fingerprint density at radius 1 is 1.04 bits per heavy atom. The van der Waals surface area contributed by atoms with Gasteiger partial charge in [-0.3, -0.25) is 4.79 Å². The molecule has 0 aliphatic rings. The summed E-state index contributed by atoms with van der Waals surface area (Å²) in [6.45, 7) is 4.31. The van der Waals surface area contributed by atoms with Crippen molar-refractivity contribution in [3.8, 4) is 5.69 Å². The number of nitrogens with zero attached hydrogens (tertiary/aromatic N) is 3. The largest absolute Gasteiger partial charge is 0.418 e. The molecule has 3 rings (SSSR count). The molecule has 146 valence electrons. The van der Waals surface area contributed by atoms with Gasteiger partial charge in [0.1, 0.15) is 0 Å². The van der Waals surface area contributed by atoms with Crippen molar-refractivity contribution in [3.63, 3.8) is 0 Å². The van der Waals surface area contributed by atoms with E-state index < -0.39 is 17.6 Å². The van der Waals surface area contributed by atoms with Crippen LogP contribution in [0.3, 0.4) is 0 Å². The van der Waals surface area contributed by atoms with E-state index in [-0.39, 0.29) is 16.8 Å². The van der Waals surface area contributed by atoms with Gasteiger partial charge in [-0.1, -0.05) is 61.5 Å². The third-order valence-corrected chi connectivity index (χ3v) is 4.43. The lowest BCUT2D eigenvalue weighted by atomic mass is 9.84. The van der Waals surface area contributed by atoms with Crippen LogP contribution in [0.15, 0.2) is 60.8 Å². The maximum atomic E-state index is 13.2. The summed E-state index contributed by atoms with van der Waals surface area (Å²) in [6.07, 6.45) is -3.35. The van der Waals surface area contributed by atoms with E-state index in [1.807, 2.05) is 44.2 Å². The fourth-order valence-electron chi connectivity index (χ4n) is 2.78. The van der Waals surface area contributed by atoms with Crippen molar-refractivity contribution in [2.75, 3.05) is 6.54 Å². The average molecular weight is 388 g/mol. The van der Waals surface area contributed by atoms with Crippen molar-refractivity contribution in [1.29, 1.82) is 0 Å². The fraction of sp³-hybridized carbons (Fsp3) is 0.250. The number of rotatable bonds is 5. The van der Waals surface area contributed by atoms with Crippen LogP contribution in [0.2, 0.25) is 0 Å². The first-order valence-electron chi connectivity index (χ1n) is 8.61. The molecule has 0 unspecified atom stereocenters. The summed E-state index contributed by atoms with van der Waals surface area (Å²) in [5.74, 6) is -0.500. The maximum Gasteiger partial charge on any atom is 0.418 e. The first kappa shape index (κ1) is 19.6. The molecule has 0 aliphatic heterocycles. The lowest BCUT2D eigenvalue weighted by Crippen LogP contribution is -2.36. The second-order valence-electron chi connectivity index (χ2n) is 7.00. The molecule has 28 heavy (non-hydrogen) atoms. The topological polar surface area (TPSA) is 59.8 Å². The van der Waals surface area contributed by atoms with E-state index in [2.05, 4.69) is 15.6 Å². The van der Waals surface area contributed by atoms with Gasteiger partial charge in [0.2, 0.25) is 0 Å². The van der Waals surface area contributed by atoms with Crippen molar-refractivity contribution in [2.45, 2.75) is 25.4 Å². The molecule has 1 N–H and O–H groups in total. The molecule has 5 nitrogen and oxygen atoms in total. The highest BCUT2D eigenvalue weighted by Crippen LogP contribution is 2.33. The molecular formula is C20H19F3N4O. The van der Waals surface area contributed by atoms with E-state index in [0.717, 1.165) is 16.3 Å². The molecule has 0 bridgehead atoms. The minimum absolute atomic E-state index is 0.0548. The molecule has 3 aromatic rings. The molecule has 2 aromatic carbocycles. The van der Waals surface area contributed by atoms with E-state index in [1.54, 1.807) is 0 Å². The van der Waals surface area contributed by atoms with Crippen LogP contribution in [0.5, 0.6) is 0 Å². The van der Waals surface area contributed by atoms with Gasteiger partial charge < -0.3 is 5.32 Å². The van der Waals surface area contributed by atoms with Gasteiger partial charge in [0.25, 0.3) is 5.91 Å². The van der Waals surface area contributed by atoms with Gasteiger partial charge in [0, 0.05) is 12.0 Å². The Labute approximate surface area is 160 Å². The monoisotopic (exact) mass is 388 g/mol.